The van der Waals surface area contributed by atoms with Crippen molar-refractivity contribution in [1.82, 2.24) is 4.90 Å². The molecule has 0 bridgehead atoms. The molecule has 0 amide bonds. The third-order valence-electron chi connectivity index (χ3n) is 3.79. The van der Waals surface area contributed by atoms with Gasteiger partial charge in [0.05, 0.1) is 0 Å². The van der Waals surface area contributed by atoms with Gasteiger partial charge in [-0.1, -0.05) is 29.3 Å². The van der Waals surface area contributed by atoms with Gasteiger partial charge in [0.25, 0.3) is 0 Å². The van der Waals surface area contributed by atoms with E-state index in [2.05, 4.69) is 43.9 Å². The lowest BCUT2D eigenvalue weighted by molar-refractivity contribution is 0.256. The topological polar surface area (TPSA) is 29.3 Å². The Morgan fingerprint density at radius 1 is 1.24 bits per heavy atom. The Hall–Kier alpha value is -0.860. The van der Waals surface area contributed by atoms with Crippen LogP contribution in [0.15, 0.2) is 18.2 Å². The van der Waals surface area contributed by atoms with Crippen LogP contribution in [0.25, 0.3) is 0 Å². The normalized spacial score (nSPS) is 25.4. The number of rotatable bonds is 3. The largest absolute Gasteiger partial charge is 0.330 e. The van der Waals surface area contributed by atoms with E-state index in [0.717, 1.165) is 19.6 Å². The zero-order valence-electron chi connectivity index (χ0n) is 11.2. The lowest BCUT2D eigenvalue weighted by atomic mass is 10.1. The summed E-state index contributed by atoms with van der Waals surface area (Å²) in [6.45, 7) is 9.72. The molecule has 1 fully saturated rings. The molecule has 0 aromatic heterocycles. The number of benzene rings is 1. The highest BCUT2D eigenvalue weighted by Gasteiger charge is 2.27. The van der Waals surface area contributed by atoms with Crippen molar-refractivity contribution >= 4 is 0 Å². The van der Waals surface area contributed by atoms with Crippen LogP contribution >= 0.6 is 0 Å². The zero-order valence-corrected chi connectivity index (χ0v) is 11.2. The van der Waals surface area contributed by atoms with Gasteiger partial charge in [-0.2, -0.15) is 0 Å². The first kappa shape index (κ1) is 12.6. The lowest BCUT2D eigenvalue weighted by Gasteiger charge is -2.21. The minimum absolute atomic E-state index is 0.671. The first-order valence-corrected chi connectivity index (χ1v) is 6.59. The van der Waals surface area contributed by atoms with E-state index in [1.54, 1.807) is 0 Å². The van der Waals surface area contributed by atoms with E-state index >= 15 is 0 Å². The van der Waals surface area contributed by atoms with Gasteiger partial charge in [-0.3, -0.25) is 4.90 Å². The molecule has 2 nitrogen and oxygen atoms in total. The molecule has 17 heavy (non-hydrogen) atoms. The molecule has 2 unspecified atom stereocenters. The molecule has 1 aromatic rings. The fourth-order valence-electron chi connectivity index (χ4n) is 3.00. The molecule has 0 spiro atoms. The van der Waals surface area contributed by atoms with Crippen LogP contribution in [-0.2, 0) is 6.54 Å². The highest BCUT2D eigenvalue weighted by Crippen LogP contribution is 2.24. The number of hydrogen-bond acceptors (Lipinski definition) is 2. The maximum absolute atomic E-state index is 5.77. The molecule has 0 radical (unpaired) electrons. The lowest BCUT2D eigenvalue weighted by Crippen LogP contribution is -2.27. The fourth-order valence-corrected chi connectivity index (χ4v) is 3.00. The van der Waals surface area contributed by atoms with Crippen LogP contribution in [0.5, 0.6) is 0 Å². The molecule has 2 rings (SSSR count). The molecule has 1 saturated heterocycles. The first-order chi connectivity index (χ1) is 8.08. The average Bonchev–Trinajstić information content (AvgIpc) is 2.58. The summed E-state index contributed by atoms with van der Waals surface area (Å²) < 4.78 is 0. The predicted molar refractivity (Wildman–Crippen MR) is 72.9 cm³/mol. The molecule has 94 valence electrons. The maximum atomic E-state index is 5.77. The summed E-state index contributed by atoms with van der Waals surface area (Å²) >= 11 is 0. The number of nitrogens with zero attached hydrogens (tertiary/aromatic N) is 1. The number of hydrogen-bond donors (Lipinski definition) is 1. The van der Waals surface area contributed by atoms with Gasteiger partial charge in [0, 0.05) is 19.1 Å². The van der Waals surface area contributed by atoms with E-state index in [9.17, 15) is 0 Å². The fraction of sp³-hybridized carbons (Fsp3) is 0.600. The van der Waals surface area contributed by atoms with Gasteiger partial charge >= 0.3 is 0 Å². The Balaban J connectivity index is 2.05. The van der Waals surface area contributed by atoms with Gasteiger partial charge in [-0.15, -0.1) is 0 Å². The first-order valence-electron chi connectivity index (χ1n) is 6.59. The molecule has 1 heterocycles. The van der Waals surface area contributed by atoms with Crippen LogP contribution in [0.2, 0.25) is 0 Å². The maximum Gasteiger partial charge on any atom is 0.0236 e. The summed E-state index contributed by atoms with van der Waals surface area (Å²) in [5.74, 6) is 0.691. The van der Waals surface area contributed by atoms with Gasteiger partial charge < -0.3 is 5.73 Å². The van der Waals surface area contributed by atoms with E-state index in [1.165, 1.54) is 23.1 Å². The molecule has 2 atom stereocenters. The Kier molecular flexibility index (Phi) is 3.85. The summed E-state index contributed by atoms with van der Waals surface area (Å²) in [5.41, 5.74) is 9.94. The second-order valence-electron chi connectivity index (χ2n) is 5.61. The SMILES string of the molecule is Cc1cc(C)cc(CN2CC(CN)CC2C)c1. The Morgan fingerprint density at radius 2 is 1.88 bits per heavy atom. The van der Waals surface area contributed by atoms with Gasteiger partial charge in [-0.05, 0) is 45.2 Å². The minimum atomic E-state index is 0.671. The Bertz CT molecular complexity index is 366. The van der Waals surface area contributed by atoms with Crippen LogP contribution in [0.4, 0.5) is 0 Å². The van der Waals surface area contributed by atoms with E-state index in [0.29, 0.717) is 12.0 Å². The van der Waals surface area contributed by atoms with Gasteiger partial charge in [0.2, 0.25) is 0 Å². The third-order valence-corrected chi connectivity index (χ3v) is 3.79. The number of aryl methyl sites for hydroxylation is 2. The Labute approximate surface area is 105 Å². The monoisotopic (exact) mass is 232 g/mol. The van der Waals surface area contributed by atoms with E-state index in [4.69, 9.17) is 5.73 Å². The summed E-state index contributed by atoms with van der Waals surface area (Å²) in [4.78, 5) is 2.56. The summed E-state index contributed by atoms with van der Waals surface area (Å²) in [6, 6.07) is 7.51. The van der Waals surface area contributed by atoms with Crippen molar-refractivity contribution in [3.8, 4) is 0 Å². The second-order valence-corrected chi connectivity index (χ2v) is 5.61. The van der Waals surface area contributed by atoms with Gasteiger partial charge in [0.15, 0.2) is 0 Å². The van der Waals surface area contributed by atoms with Crippen molar-refractivity contribution in [3.63, 3.8) is 0 Å². The van der Waals surface area contributed by atoms with Crippen molar-refractivity contribution in [2.75, 3.05) is 13.1 Å². The van der Waals surface area contributed by atoms with E-state index < -0.39 is 0 Å². The van der Waals surface area contributed by atoms with Crippen molar-refractivity contribution in [1.29, 1.82) is 0 Å². The van der Waals surface area contributed by atoms with Crippen molar-refractivity contribution < 1.29 is 0 Å². The van der Waals surface area contributed by atoms with Crippen LogP contribution in [-0.4, -0.2) is 24.0 Å². The third kappa shape index (κ3) is 3.08. The van der Waals surface area contributed by atoms with Crippen molar-refractivity contribution in [3.05, 3.63) is 34.9 Å². The molecule has 2 heteroatoms. The second kappa shape index (κ2) is 5.19. The molecule has 1 aliphatic rings. The highest BCUT2D eigenvalue weighted by atomic mass is 15.2. The van der Waals surface area contributed by atoms with Crippen LogP contribution in [0.3, 0.4) is 0 Å². The molecule has 2 N–H and O–H groups in total. The molecule has 0 aliphatic carbocycles. The quantitative estimate of drug-likeness (QED) is 0.867. The summed E-state index contributed by atoms with van der Waals surface area (Å²) in [5, 5.41) is 0. The predicted octanol–water partition coefficient (Wildman–Crippen LogP) is 2.47. The molecular formula is C15H24N2. The van der Waals surface area contributed by atoms with E-state index in [1.807, 2.05) is 0 Å². The van der Waals surface area contributed by atoms with Crippen LogP contribution in [0, 0.1) is 19.8 Å². The van der Waals surface area contributed by atoms with Crippen molar-refractivity contribution in [2.24, 2.45) is 11.7 Å². The van der Waals surface area contributed by atoms with Crippen LogP contribution in [0.1, 0.15) is 30.0 Å². The van der Waals surface area contributed by atoms with Crippen molar-refractivity contribution in [2.45, 2.75) is 39.8 Å². The summed E-state index contributed by atoms with van der Waals surface area (Å²) in [7, 11) is 0. The number of nitrogens with two attached hydrogens (primary N) is 1. The molecule has 0 saturated carbocycles. The minimum Gasteiger partial charge on any atom is -0.330 e. The number of likely N-dealkylation sites (tertiary alicyclic amines) is 1. The standard InChI is InChI=1S/C15H24N2/c1-11-4-12(2)6-14(5-11)9-17-10-15(8-16)7-13(17)3/h4-6,13,15H,7-10,16H2,1-3H3. The van der Waals surface area contributed by atoms with Gasteiger partial charge in [-0.25, -0.2) is 0 Å². The smallest absolute Gasteiger partial charge is 0.0236 e. The Morgan fingerprint density at radius 3 is 2.41 bits per heavy atom. The molecule has 1 aromatic carbocycles. The highest BCUT2D eigenvalue weighted by molar-refractivity contribution is 5.28. The van der Waals surface area contributed by atoms with E-state index in [-0.39, 0.29) is 0 Å². The van der Waals surface area contributed by atoms with Gasteiger partial charge in [0.1, 0.15) is 0 Å². The van der Waals surface area contributed by atoms with Crippen LogP contribution < -0.4 is 5.73 Å². The molecular weight excluding hydrogens is 208 g/mol. The average molecular weight is 232 g/mol. The zero-order chi connectivity index (χ0) is 12.4. The summed E-state index contributed by atoms with van der Waals surface area (Å²) in [6.07, 6.45) is 1.25. The molecule has 1 aliphatic heterocycles.